The van der Waals surface area contributed by atoms with Gasteiger partial charge < -0.3 is 5.11 Å². The zero-order valence-electron chi connectivity index (χ0n) is 6.06. The zero-order chi connectivity index (χ0) is 9.35. The Kier molecular flexibility index (Phi) is 2.27. The summed E-state index contributed by atoms with van der Waals surface area (Å²) in [5, 5.41) is 10.4. The molecule has 1 heterocycles. The number of halogens is 3. The van der Waals surface area contributed by atoms with E-state index in [4.69, 9.17) is 5.11 Å². The Labute approximate surface area is 66.6 Å². The molecule has 1 aliphatic heterocycles. The van der Waals surface area contributed by atoms with Gasteiger partial charge in [-0.1, -0.05) is 0 Å². The molecule has 1 rings (SSSR count). The highest BCUT2D eigenvalue weighted by Gasteiger charge is 2.45. The zero-order valence-corrected chi connectivity index (χ0v) is 6.06. The Morgan fingerprint density at radius 1 is 1.42 bits per heavy atom. The minimum Gasteiger partial charge on any atom is -0.480 e. The first-order valence-corrected chi connectivity index (χ1v) is 3.47. The van der Waals surface area contributed by atoms with Gasteiger partial charge in [0.05, 0.1) is 0 Å². The minimum absolute atomic E-state index is 0.0412. The summed E-state index contributed by atoms with van der Waals surface area (Å²) in [6.45, 7) is 0. The fourth-order valence-corrected chi connectivity index (χ4v) is 1.20. The van der Waals surface area contributed by atoms with Gasteiger partial charge in [-0.2, -0.15) is 13.2 Å². The molecule has 0 aromatic rings. The van der Waals surface area contributed by atoms with Crippen molar-refractivity contribution in [1.29, 1.82) is 0 Å². The number of carboxylic acid groups (broad SMARTS) is 1. The summed E-state index contributed by atoms with van der Waals surface area (Å²) in [5.74, 6) is -1.22. The largest absolute Gasteiger partial charge is 0.480 e. The molecular formula is C6H8F3NO2. The van der Waals surface area contributed by atoms with Crippen molar-refractivity contribution >= 4 is 5.97 Å². The normalized spacial score (nSPS) is 30.6. The highest BCUT2D eigenvalue weighted by Crippen LogP contribution is 2.28. The van der Waals surface area contributed by atoms with Gasteiger partial charge in [0.1, 0.15) is 12.1 Å². The number of aliphatic carboxylic acids is 1. The van der Waals surface area contributed by atoms with E-state index < -0.39 is 24.2 Å². The van der Waals surface area contributed by atoms with Crippen LogP contribution in [0.5, 0.6) is 0 Å². The van der Waals surface area contributed by atoms with E-state index in [0.717, 1.165) is 0 Å². The number of rotatable bonds is 1. The summed E-state index contributed by atoms with van der Waals surface area (Å²) >= 11 is 0. The van der Waals surface area contributed by atoms with Crippen LogP contribution in [0.25, 0.3) is 0 Å². The van der Waals surface area contributed by atoms with Gasteiger partial charge in [0.2, 0.25) is 0 Å². The Hall–Kier alpha value is -0.780. The van der Waals surface area contributed by atoms with Gasteiger partial charge in [-0.15, -0.1) is 0 Å². The molecule has 0 aromatic heterocycles. The molecule has 70 valence electrons. The summed E-state index contributed by atoms with van der Waals surface area (Å²) in [6, 6.07) is -2.70. The van der Waals surface area contributed by atoms with Gasteiger partial charge >= 0.3 is 12.1 Å². The van der Waals surface area contributed by atoms with Crippen molar-refractivity contribution in [3.05, 3.63) is 0 Å². The molecule has 3 nitrogen and oxygen atoms in total. The Morgan fingerprint density at radius 2 is 2.00 bits per heavy atom. The average molecular weight is 183 g/mol. The molecule has 0 bridgehead atoms. The Balaban J connectivity index is 2.51. The SMILES string of the molecule is O=C(O)[C@@H]1CC[C@@H](C(F)(F)F)N1. The molecule has 0 aromatic carbocycles. The lowest BCUT2D eigenvalue weighted by atomic mass is 10.2. The second kappa shape index (κ2) is 2.93. The van der Waals surface area contributed by atoms with E-state index in [1.165, 1.54) is 0 Å². The van der Waals surface area contributed by atoms with Crippen molar-refractivity contribution in [3.8, 4) is 0 Å². The van der Waals surface area contributed by atoms with E-state index in [2.05, 4.69) is 0 Å². The predicted molar refractivity (Wildman–Crippen MR) is 33.6 cm³/mol. The van der Waals surface area contributed by atoms with Crippen LogP contribution in [0.3, 0.4) is 0 Å². The van der Waals surface area contributed by atoms with Crippen LogP contribution < -0.4 is 5.32 Å². The fourth-order valence-electron chi connectivity index (χ4n) is 1.20. The molecule has 1 saturated heterocycles. The van der Waals surface area contributed by atoms with Crippen molar-refractivity contribution in [1.82, 2.24) is 5.32 Å². The second-order valence-electron chi connectivity index (χ2n) is 2.73. The van der Waals surface area contributed by atoms with E-state index in [1.807, 2.05) is 5.32 Å². The molecule has 0 amide bonds. The van der Waals surface area contributed by atoms with Crippen molar-refractivity contribution in [2.45, 2.75) is 31.1 Å². The Bertz CT molecular complexity index is 192. The molecule has 0 saturated carbocycles. The predicted octanol–water partition coefficient (Wildman–Crippen LogP) is 0.754. The summed E-state index contributed by atoms with van der Waals surface area (Å²) in [5.41, 5.74) is 0. The van der Waals surface area contributed by atoms with Crippen molar-refractivity contribution in [2.75, 3.05) is 0 Å². The van der Waals surface area contributed by atoms with Crippen LogP contribution in [0.1, 0.15) is 12.8 Å². The lowest BCUT2D eigenvalue weighted by Gasteiger charge is -2.14. The third-order valence-corrected chi connectivity index (χ3v) is 1.84. The monoisotopic (exact) mass is 183 g/mol. The first-order valence-electron chi connectivity index (χ1n) is 3.47. The van der Waals surface area contributed by atoms with Crippen LogP contribution >= 0.6 is 0 Å². The quantitative estimate of drug-likeness (QED) is 0.630. The first kappa shape index (κ1) is 9.31. The molecule has 6 heteroatoms. The molecule has 12 heavy (non-hydrogen) atoms. The number of alkyl halides is 3. The Morgan fingerprint density at radius 3 is 2.25 bits per heavy atom. The van der Waals surface area contributed by atoms with Gasteiger partial charge in [-0.25, -0.2) is 0 Å². The molecule has 0 radical (unpaired) electrons. The molecule has 0 aliphatic carbocycles. The smallest absolute Gasteiger partial charge is 0.403 e. The van der Waals surface area contributed by atoms with Crippen LogP contribution in [0.4, 0.5) is 13.2 Å². The molecule has 2 atom stereocenters. The molecule has 1 aliphatic rings. The number of hydrogen-bond donors (Lipinski definition) is 2. The second-order valence-corrected chi connectivity index (χ2v) is 2.73. The highest BCUT2D eigenvalue weighted by molar-refractivity contribution is 5.73. The van der Waals surface area contributed by atoms with Gasteiger partial charge in [-0.3, -0.25) is 10.1 Å². The van der Waals surface area contributed by atoms with E-state index in [9.17, 15) is 18.0 Å². The highest BCUT2D eigenvalue weighted by atomic mass is 19.4. The fraction of sp³-hybridized carbons (Fsp3) is 0.833. The van der Waals surface area contributed by atoms with Crippen LogP contribution in [0, 0.1) is 0 Å². The summed E-state index contributed by atoms with van der Waals surface area (Å²) in [6.07, 6.45) is -4.44. The lowest BCUT2D eigenvalue weighted by molar-refractivity contribution is -0.154. The van der Waals surface area contributed by atoms with E-state index in [1.54, 1.807) is 0 Å². The van der Waals surface area contributed by atoms with E-state index in [-0.39, 0.29) is 12.8 Å². The maximum Gasteiger partial charge on any atom is 0.403 e. The number of carbonyl (C=O) groups is 1. The number of hydrogen-bond acceptors (Lipinski definition) is 2. The standard InChI is InChI=1S/C6H8F3NO2/c7-6(8,9)4-2-1-3(10-4)5(11)12/h3-4,10H,1-2H2,(H,11,12)/t3-,4-/m0/s1. The maximum absolute atomic E-state index is 11.9. The summed E-state index contributed by atoms with van der Waals surface area (Å²) in [4.78, 5) is 10.2. The van der Waals surface area contributed by atoms with Crippen LogP contribution in [-0.2, 0) is 4.79 Å². The summed E-state index contributed by atoms with van der Waals surface area (Å²) < 4.78 is 35.8. The lowest BCUT2D eigenvalue weighted by Crippen LogP contribution is -2.43. The van der Waals surface area contributed by atoms with Crippen molar-refractivity contribution in [3.63, 3.8) is 0 Å². The van der Waals surface area contributed by atoms with Crippen LogP contribution in [0.15, 0.2) is 0 Å². The molecule has 1 fully saturated rings. The van der Waals surface area contributed by atoms with E-state index in [0.29, 0.717) is 0 Å². The van der Waals surface area contributed by atoms with Gasteiger partial charge in [0.25, 0.3) is 0 Å². The minimum atomic E-state index is -4.33. The third-order valence-electron chi connectivity index (χ3n) is 1.84. The molecule has 0 spiro atoms. The molecule has 2 N–H and O–H groups in total. The topological polar surface area (TPSA) is 49.3 Å². The third kappa shape index (κ3) is 1.88. The maximum atomic E-state index is 11.9. The number of nitrogens with one attached hydrogen (secondary N) is 1. The van der Waals surface area contributed by atoms with Crippen molar-refractivity contribution in [2.24, 2.45) is 0 Å². The summed E-state index contributed by atoms with van der Waals surface area (Å²) in [7, 11) is 0. The first-order chi connectivity index (χ1) is 5.41. The van der Waals surface area contributed by atoms with E-state index >= 15 is 0 Å². The number of carboxylic acids is 1. The van der Waals surface area contributed by atoms with Gasteiger partial charge in [0, 0.05) is 0 Å². The molecular weight excluding hydrogens is 175 g/mol. The average Bonchev–Trinajstić information content (AvgIpc) is 2.30. The van der Waals surface area contributed by atoms with Gasteiger partial charge in [0.15, 0.2) is 0 Å². The van der Waals surface area contributed by atoms with Crippen molar-refractivity contribution < 1.29 is 23.1 Å². The van der Waals surface area contributed by atoms with Gasteiger partial charge in [-0.05, 0) is 12.8 Å². The van der Waals surface area contributed by atoms with Crippen LogP contribution in [-0.4, -0.2) is 29.3 Å². The van der Waals surface area contributed by atoms with Crippen LogP contribution in [0.2, 0.25) is 0 Å². The molecule has 0 unspecified atom stereocenters.